The summed E-state index contributed by atoms with van der Waals surface area (Å²) in [5.41, 5.74) is 0.570. The van der Waals surface area contributed by atoms with Crippen LogP contribution in [0, 0.1) is 17.3 Å². The molecule has 2 fully saturated rings. The van der Waals surface area contributed by atoms with Crippen LogP contribution >= 0.6 is 0 Å². The Morgan fingerprint density at radius 1 is 1.12 bits per heavy atom. The van der Waals surface area contributed by atoms with Gasteiger partial charge in [-0.25, -0.2) is 9.78 Å². The Morgan fingerprint density at radius 2 is 1.77 bits per heavy atom. The van der Waals surface area contributed by atoms with Gasteiger partial charge in [0, 0.05) is 36.2 Å². The van der Waals surface area contributed by atoms with Crippen molar-refractivity contribution in [3.05, 3.63) is 58.8 Å². The van der Waals surface area contributed by atoms with Crippen LogP contribution in [-0.2, 0) is 22.3 Å². The van der Waals surface area contributed by atoms with E-state index >= 15 is 0 Å². The minimum atomic E-state index is -4.59. The number of likely N-dealkylation sites (tertiary alicyclic amines) is 1. The van der Waals surface area contributed by atoms with Gasteiger partial charge in [0.1, 0.15) is 6.04 Å². The molecule has 1 aromatic carbocycles. The second kappa shape index (κ2) is 12.8. The molecule has 1 saturated carbocycles. The average molecular weight is 604 g/mol. The number of nitrogens with zero attached hydrogens (tertiary/aromatic N) is 2. The highest BCUT2D eigenvalue weighted by Gasteiger charge is 2.58. The van der Waals surface area contributed by atoms with Crippen LogP contribution < -0.4 is 10.1 Å². The summed E-state index contributed by atoms with van der Waals surface area (Å²) in [5.74, 6) is -1.93. The standard InChI is InChI=1S/C33H44F3N3O4/c1-19(2)23-14-10-11-15-24(23)27-26(37-17-21-16-22(33(34,35)36)18-38-29(21)43-6)25(32(3,4)5)28(31(41)42)39(27)30(40)20-12-8-7-9-13-20/h10-11,14-16,18-20,25-28,37H,7-9,12-13,17H2,1-6H3,(H,41,42)/t25-,26-,27-,28-/m0/s1. The first-order chi connectivity index (χ1) is 20.2. The summed E-state index contributed by atoms with van der Waals surface area (Å²) in [7, 11) is 1.35. The lowest BCUT2D eigenvalue weighted by atomic mass is 9.72. The number of nitrogens with one attached hydrogen (secondary N) is 1. The predicted octanol–water partition coefficient (Wildman–Crippen LogP) is 6.97. The van der Waals surface area contributed by atoms with Gasteiger partial charge in [-0.2, -0.15) is 13.2 Å². The Balaban J connectivity index is 1.89. The SMILES string of the molecule is COc1ncc(C(F)(F)F)cc1CN[C@H]1[C@H](C(C)(C)C)[C@@H](C(=O)O)N(C(=O)C2CCCCC2)[C@H]1c1ccccc1C(C)C. The molecule has 7 nitrogen and oxygen atoms in total. The number of aromatic nitrogens is 1. The van der Waals surface area contributed by atoms with Crippen molar-refractivity contribution in [1.29, 1.82) is 0 Å². The molecule has 0 bridgehead atoms. The fraction of sp³-hybridized carbons (Fsp3) is 0.606. The van der Waals surface area contributed by atoms with Gasteiger partial charge in [0.15, 0.2) is 0 Å². The number of pyridine rings is 1. The predicted molar refractivity (Wildman–Crippen MR) is 157 cm³/mol. The van der Waals surface area contributed by atoms with Crippen LogP contribution in [0.1, 0.15) is 101 Å². The summed E-state index contributed by atoms with van der Waals surface area (Å²) >= 11 is 0. The van der Waals surface area contributed by atoms with Crippen LogP contribution in [0.3, 0.4) is 0 Å². The molecule has 0 spiro atoms. The third kappa shape index (κ3) is 6.84. The van der Waals surface area contributed by atoms with Crippen molar-refractivity contribution in [2.45, 2.75) is 103 Å². The van der Waals surface area contributed by atoms with Gasteiger partial charge in [0.25, 0.3) is 0 Å². The summed E-state index contributed by atoms with van der Waals surface area (Å²) in [4.78, 5) is 33.1. The van der Waals surface area contributed by atoms with Crippen molar-refractivity contribution in [3.8, 4) is 5.88 Å². The topological polar surface area (TPSA) is 91.8 Å². The minimum Gasteiger partial charge on any atom is -0.481 e. The van der Waals surface area contributed by atoms with E-state index in [1.165, 1.54) is 7.11 Å². The molecule has 1 saturated heterocycles. The zero-order chi connectivity index (χ0) is 31.7. The van der Waals surface area contributed by atoms with Crippen LogP contribution in [0.25, 0.3) is 0 Å². The van der Waals surface area contributed by atoms with Gasteiger partial charge in [-0.05, 0) is 41.4 Å². The molecule has 10 heteroatoms. The van der Waals surface area contributed by atoms with E-state index in [9.17, 15) is 27.9 Å². The van der Waals surface area contributed by atoms with Crippen LogP contribution in [0.5, 0.6) is 5.88 Å². The number of carbonyl (C=O) groups excluding carboxylic acids is 1. The van der Waals surface area contributed by atoms with Gasteiger partial charge in [-0.15, -0.1) is 0 Å². The number of methoxy groups -OCH3 is 1. The smallest absolute Gasteiger partial charge is 0.417 e. The quantitative estimate of drug-likeness (QED) is 0.339. The summed E-state index contributed by atoms with van der Waals surface area (Å²) < 4.78 is 46.1. The van der Waals surface area contributed by atoms with E-state index < -0.39 is 47.2 Å². The summed E-state index contributed by atoms with van der Waals surface area (Å²) in [6.45, 7) is 9.91. The molecule has 0 radical (unpaired) electrons. The van der Waals surface area contributed by atoms with Gasteiger partial charge < -0.3 is 20.1 Å². The van der Waals surface area contributed by atoms with Crippen molar-refractivity contribution in [3.63, 3.8) is 0 Å². The van der Waals surface area contributed by atoms with E-state index in [-0.39, 0.29) is 35.7 Å². The van der Waals surface area contributed by atoms with Crippen molar-refractivity contribution in [2.75, 3.05) is 7.11 Å². The Hall–Kier alpha value is -3.14. The number of aliphatic carboxylic acids is 1. The molecule has 1 aliphatic carbocycles. The van der Waals surface area contributed by atoms with Crippen molar-refractivity contribution in [2.24, 2.45) is 17.3 Å². The van der Waals surface area contributed by atoms with Crippen LogP contribution in [0.15, 0.2) is 36.5 Å². The maximum atomic E-state index is 14.4. The Labute approximate surface area is 252 Å². The number of hydrogen-bond acceptors (Lipinski definition) is 5. The van der Waals surface area contributed by atoms with Gasteiger partial charge in [0.2, 0.25) is 11.8 Å². The monoisotopic (exact) mass is 603 g/mol. The number of rotatable bonds is 8. The summed E-state index contributed by atoms with van der Waals surface area (Å²) in [6, 6.07) is 6.41. The molecule has 236 valence electrons. The third-order valence-electron chi connectivity index (χ3n) is 9.04. The fourth-order valence-electron chi connectivity index (χ4n) is 7.11. The number of carboxylic acids is 1. The molecule has 0 unspecified atom stereocenters. The normalized spacial score (nSPS) is 23.5. The molecule has 2 N–H and O–H groups in total. The van der Waals surface area contributed by atoms with E-state index in [2.05, 4.69) is 24.1 Å². The first-order valence-electron chi connectivity index (χ1n) is 15.1. The van der Waals surface area contributed by atoms with Gasteiger partial charge in [0.05, 0.1) is 18.7 Å². The maximum Gasteiger partial charge on any atom is 0.417 e. The first kappa shape index (κ1) is 32.8. The van der Waals surface area contributed by atoms with Crippen LogP contribution in [-0.4, -0.2) is 46.1 Å². The average Bonchev–Trinajstić information content (AvgIpc) is 3.31. The molecule has 4 atom stereocenters. The van der Waals surface area contributed by atoms with Crippen molar-refractivity contribution in [1.82, 2.24) is 15.2 Å². The second-order valence-electron chi connectivity index (χ2n) is 13.3. The summed E-state index contributed by atoms with van der Waals surface area (Å²) in [5, 5.41) is 14.2. The molecular weight excluding hydrogens is 559 g/mol. The number of carbonyl (C=O) groups is 2. The van der Waals surface area contributed by atoms with Gasteiger partial charge in [-0.1, -0.05) is 78.1 Å². The number of halogens is 3. The first-order valence-corrected chi connectivity index (χ1v) is 15.1. The molecule has 1 amide bonds. The number of alkyl halides is 3. The van der Waals surface area contributed by atoms with E-state index in [1.54, 1.807) is 4.90 Å². The molecule has 2 heterocycles. The van der Waals surface area contributed by atoms with Gasteiger partial charge in [-0.3, -0.25) is 4.79 Å². The largest absolute Gasteiger partial charge is 0.481 e. The number of carboxylic acid groups (broad SMARTS) is 1. The number of benzene rings is 1. The molecule has 2 aromatic rings. The Morgan fingerprint density at radius 3 is 2.33 bits per heavy atom. The highest BCUT2D eigenvalue weighted by Crippen LogP contribution is 2.50. The van der Waals surface area contributed by atoms with E-state index in [0.717, 1.165) is 42.7 Å². The highest BCUT2D eigenvalue weighted by atomic mass is 19.4. The van der Waals surface area contributed by atoms with E-state index in [0.29, 0.717) is 12.8 Å². The molecule has 1 aromatic heterocycles. The maximum absolute atomic E-state index is 14.4. The number of amides is 1. The second-order valence-corrected chi connectivity index (χ2v) is 13.3. The Bertz CT molecular complexity index is 1300. The number of ether oxygens (including phenoxy) is 1. The van der Waals surface area contributed by atoms with Crippen molar-refractivity contribution >= 4 is 11.9 Å². The molecule has 1 aliphatic heterocycles. The lowest BCUT2D eigenvalue weighted by molar-refractivity contribution is -0.154. The van der Waals surface area contributed by atoms with Crippen LogP contribution in [0.2, 0.25) is 0 Å². The lowest BCUT2D eigenvalue weighted by Gasteiger charge is -2.36. The third-order valence-corrected chi connectivity index (χ3v) is 9.04. The number of hydrogen-bond donors (Lipinski definition) is 2. The van der Waals surface area contributed by atoms with Crippen LogP contribution in [0.4, 0.5) is 13.2 Å². The van der Waals surface area contributed by atoms with Gasteiger partial charge >= 0.3 is 12.1 Å². The van der Waals surface area contributed by atoms with E-state index in [4.69, 9.17) is 4.74 Å². The molecular formula is C33H44F3N3O4. The lowest BCUT2D eigenvalue weighted by Crippen LogP contribution is -2.49. The summed E-state index contributed by atoms with van der Waals surface area (Å²) in [6.07, 6.45) is 0.461. The molecule has 43 heavy (non-hydrogen) atoms. The Kier molecular flexibility index (Phi) is 9.79. The fourth-order valence-corrected chi connectivity index (χ4v) is 7.11. The van der Waals surface area contributed by atoms with Crippen molar-refractivity contribution < 1.29 is 32.6 Å². The molecule has 4 rings (SSSR count). The molecule has 2 aliphatic rings. The van der Waals surface area contributed by atoms with E-state index in [1.807, 2.05) is 45.0 Å². The zero-order valence-corrected chi connectivity index (χ0v) is 25.9. The minimum absolute atomic E-state index is 0.0508. The zero-order valence-electron chi connectivity index (χ0n) is 25.9. The highest BCUT2D eigenvalue weighted by molar-refractivity contribution is 5.87.